The van der Waals surface area contributed by atoms with Crippen LogP contribution in [0, 0.1) is 12.8 Å². The number of anilines is 1. The molecule has 1 aromatic carbocycles. The third-order valence-electron chi connectivity index (χ3n) is 4.73. The number of benzene rings is 1. The monoisotopic (exact) mass is 417 g/mol. The lowest BCUT2D eigenvalue weighted by molar-refractivity contribution is -0.133. The molecule has 1 fully saturated rings. The van der Waals surface area contributed by atoms with Crippen molar-refractivity contribution in [3.05, 3.63) is 53.2 Å². The van der Waals surface area contributed by atoms with Crippen molar-refractivity contribution < 1.29 is 9.59 Å². The number of thioether (sulfide) groups is 1. The van der Waals surface area contributed by atoms with Crippen LogP contribution in [-0.4, -0.2) is 40.0 Å². The van der Waals surface area contributed by atoms with Crippen LogP contribution in [0.3, 0.4) is 0 Å². The second kappa shape index (κ2) is 9.43. The van der Waals surface area contributed by atoms with Gasteiger partial charge in [-0.25, -0.2) is 4.98 Å². The van der Waals surface area contributed by atoms with Crippen LogP contribution in [0.2, 0.25) is 5.02 Å². The van der Waals surface area contributed by atoms with Crippen LogP contribution < -0.4 is 5.32 Å². The van der Waals surface area contributed by atoms with Crippen molar-refractivity contribution in [1.29, 1.82) is 0 Å². The van der Waals surface area contributed by atoms with Crippen molar-refractivity contribution in [3.63, 3.8) is 0 Å². The third-order valence-corrected chi connectivity index (χ3v) is 6.34. The maximum atomic E-state index is 12.9. The molecule has 1 aliphatic heterocycles. The second-order valence-electron chi connectivity index (χ2n) is 6.97. The van der Waals surface area contributed by atoms with Crippen molar-refractivity contribution >= 4 is 41.0 Å². The molecule has 0 saturated carbocycles. The molecule has 2 heterocycles. The summed E-state index contributed by atoms with van der Waals surface area (Å²) in [4.78, 5) is 32.5. The van der Waals surface area contributed by atoms with E-state index in [1.54, 1.807) is 11.0 Å². The zero-order chi connectivity index (χ0) is 20.1. The topological polar surface area (TPSA) is 62.3 Å². The standard InChI is InChI=1S/C21H24ClN3O2S/c1-14-7-5-11-19(23-14)24-20(26)16-8-6-12-25(13-16)21(27)15(2)28-18-10-4-3-9-17(18)22/h3-5,7,9-11,15-16H,6,8,12-13H2,1-2H3,(H,23,24,26). The fourth-order valence-electron chi connectivity index (χ4n) is 3.27. The zero-order valence-corrected chi connectivity index (χ0v) is 17.6. The summed E-state index contributed by atoms with van der Waals surface area (Å²) < 4.78 is 0. The Morgan fingerprint density at radius 1 is 1.25 bits per heavy atom. The van der Waals surface area contributed by atoms with Gasteiger partial charge in [0.25, 0.3) is 0 Å². The van der Waals surface area contributed by atoms with E-state index in [0.29, 0.717) is 23.9 Å². The molecule has 2 unspecified atom stereocenters. The summed E-state index contributed by atoms with van der Waals surface area (Å²) in [5, 5.41) is 3.26. The molecule has 0 spiro atoms. The molecule has 2 atom stereocenters. The Morgan fingerprint density at radius 3 is 2.79 bits per heavy atom. The van der Waals surface area contributed by atoms with E-state index >= 15 is 0 Å². The van der Waals surface area contributed by atoms with Gasteiger partial charge < -0.3 is 10.2 Å². The first kappa shape index (κ1) is 20.7. The minimum Gasteiger partial charge on any atom is -0.341 e. The minimum atomic E-state index is -0.264. The molecule has 2 amide bonds. The van der Waals surface area contributed by atoms with Crippen molar-refractivity contribution in [2.24, 2.45) is 5.92 Å². The van der Waals surface area contributed by atoms with Gasteiger partial charge in [-0.1, -0.05) is 29.8 Å². The normalized spacial score (nSPS) is 17.8. The van der Waals surface area contributed by atoms with Crippen LogP contribution in [-0.2, 0) is 9.59 Å². The van der Waals surface area contributed by atoms with Crippen LogP contribution in [0.5, 0.6) is 0 Å². The number of halogens is 1. The Labute approximate surface area is 174 Å². The second-order valence-corrected chi connectivity index (χ2v) is 8.76. The lowest BCUT2D eigenvalue weighted by Gasteiger charge is -2.33. The predicted molar refractivity (Wildman–Crippen MR) is 114 cm³/mol. The quantitative estimate of drug-likeness (QED) is 0.732. The van der Waals surface area contributed by atoms with E-state index in [9.17, 15) is 9.59 Å². The van der Waals surface area contributed by atoms with Crippen molar-refractivity contribution in [3.8, 4) is 0 Å². The smallest absolute Gasteiger partial charge is 0.235 e. The lowest BCUT2D eigenvalue weighted by atomic mass is 9.97. The van der Waals surface area contributed by atoms with Crippen LogP contribution in [0.25, 0.3) is 0 Å². The van der Waals surface area contributed by atoms with Gasteiger partial charge in [0.2, 0.25) is 11.8 Å². The third kappa shape index (κ3) is 5.26. The first-order chi connectivity index (χ1) is 13.4. The number of rotatable bonds is 5. The van der Waals surface area contributed by atoms with E-state index in [1.165, 1.54) is 11.8 Å². The Bertz CT molecular complexity index is 861. The highest BCUT2D eigenvalue weighted by Crippen LogP contribution is 2.31. The summed E-state index contributed by atoms with van der Waals surface area (Å²) in [6, 6.07) is 13.0. The van der Waals surface area contributed by atoms with Gasteiger partial charge in [0.1, 0.15) is 5.82 Å². The number of nitrogens with zero attached hydrogens (tertiary/aromatic N) is 2. The Balaban J connectivity index is 1.59. The van der Waals surface area contributed by atoms with Gasteiger partial charge in [0.15, 0.2) is 0 Å². The number of carbonyl (C=O) groups is 2. The minimum absolute atomic E-state index is 0.0381. The number of piperidine rings is 1. The van der Waals surface area contributed by atoms with Gasteiger partial charge in [-0.15, -0.1) is 11.8 Å². The highest BCUT2D eigenvalue weighted by molar-refractivity contribution is 8.00. The fourth-order valence-corrected chi connectivity index (χ4v) is 4.51. The molecule has 3 rings (SSSR count). The van der Waals surface area contributed by atoms with Crippen molar-refractivity contribution in [2.45, 2.75) is 36.8 Å². The van der Waals surface area contributed by atoms with Gasteiger partial charge in [0, 0.05) is 23.7 Å². The molecule has 148 valence electrons. The zero-order valence-electron chi connectivity index (χ0n) is 16.0. The van der Waals surface area contributed by atoms with Gasteiger partial charge in [0.05, 0.1) is 16.2 Å². The van der Waals surface area contributed by atoms with Crippen molar-refractivity contribution in [1.82, 2.24) is 9.88 Å². The number of aryl methyl sites for hydroxylation is 1. The van der Waals surface area contributed by atoms with Crippen LogP contribution in [0.1, 0.15) is 25.5 Å². The molecule has 0 aliphatic carbocycles. The Kier molecular flexibility index (Phi) is 6.97. The number of aromatic nitrogens is 1. The number of amides is 2. The largest absolute Gasteiger partial charge is 0.341 e. The first-order valence-electron chi connectivity index (χ1n) is 9.38. The first-order valence-corrected chi connectivity index (χ1v) is 10.6. The Morgan fingerprint density at radius 2 is 2.04 bits per heavy atom. The maximum Gasteiger partial charge on any atom is 0.235 e. The molecule has 1 aliphatic rings. The van der Waals surface area contributed by atoms with E-state index in [1.807, 2.05) is 50.2 Å². The number of hydrogen-bond acceptors (Lipinski definition) is 4. The average Bonchev–Trinajstić information content (AvgIpc) is 2.69. The summed E-state index contributed by atoms with van der Waals surface area (Å²) in [5.41, 5.74) is 0.851. The molecule has 0 radical (unpaired) electrons. The van der Waals surface area contributed by atoms with E-state index < -0.39 is 0 Å². The van der Waals surface area contributed by atoms with E-state index in [-0.39, 0.29) is 23.0 Å². The predicted octanol–water partition coefficient (Wildman–Crippen LogP) is 4.40. The SMILES string of the molecule is Cc1cccc(NC(=O)C2CCCN(C(=O)C(C)Sc3ccccc3Cl)C2)n1. The number of hydrogen-bond donors (Lipinski definition) is 1. The van der Waals surface area contributed by atoms with E-state index in [4.69, 9.17) is 11.6 Å². The molecule has 1 saturated heterocycles. The van der Waals surface area contributed by atoms with Crippen LogP contribution in [0.4, 0.5) is 5.82 Å². The molecule has 1 N–H and O–H groups in total. The molecule has 1 aromatic heterocycles. The summed E-state index contributed by atoms with van der Waals surface area (Å²) in [6.07, 6.45) is 1.59. The number of pyridine rings is 1. The molecule has 28 heavy (non-hydrogen) atoms. The average molecular weight is 418 g/mol. The van der Waals surface area contributed by atoms with Gasteiger partial charge in [-0.3, -0.25) is 9.59 Å². The Hall–Kier alpha value is -2.05. The van der Waals surface area contributed by atoms with Crippen LogP contribution >= 0.6 is 23.4 Å². The lowest BCUT2D eigenvalue weighted by Crippen LogP contribution is -2.46. The van der Waals surface area contributed by atoms with Crippen molar-refractivity contribution in [2.75, 3.05) is 18.4 Å². The van der Waals surface area contributed by atoms with E-state index in [0.717, 1.165) is 23.4 Å². The number of nitrogens with one attached hydrogen (secondary N) is 1. The number of carbonyl (C=O) groups excluding carboxylic acids is 2. The molecule has 7 heteroatoms. The molecule has 5 nitrogen and oxygen atoms in total. The highest BCUT2D eigenvalue weighted by Gasteiger charge is 2.31. The summed E-state index contributed by atoms with van der Waals surface area (Å²) in [7, 11) is 0. The molecule has 0 bridgehead atoms. The summed E-state index contributed by atoms with van der Waals surface area (Å²) >= 11 is 7.66. The number of likely N-dealkylation sites (tertiary alicyclic amines) is 1. The van der Waals surface area contributed by atoms with Gasteiger partial charge in [-0.2, -0.15) is 0 Å². The fraction of sp³-hybridized carbons (Fsp3) is 0.381. The maximum absolute atomic E-state index is 12.9. The summed E-state index contributed by atoms with van der Waals surface area (Å²) in [5.74, 6) is 0.284. The van der Waals surface area contributed by atoms with E-state index in [2.05, 4.69) is 10.3 Å². The van der Waals surface area contributed by atoms with Gasteiger partial charge >= 0.3 is 0 Å². The summed E-state index contributed by atoms with van der Waals surface area (Å²) in [6.45, 7) is 4.88. The highest BCUT2D eigenvalue weighted by atomic mass is 35.5. The molecular weight excluding hydrogens is 394 g/mol. The van der Waals surface area contributed by atoms with Gasteiger partial charge in [-0.05, 0) is 51.0 Å². The molecule has 2 aromatic rings. The van der Waals surface area contributed by atoms with Crippen LogP contribution in [0.15, 0.2) is 47.4 Å². The molecular formula is C21H24ClN3O2S.